The van der Waals surface area contributed by atoms with Crippen LogP contribution in [0.2, 0.25) is 0 Å². The molecule has 0 bridgehead atoms. The molecule has 116 valence electrons. The number of carbonyl (C=O) groups excluding carboxylic acids is 1. The summed E-state index contributed by atoms with van der Waals surface area (Å²) in [6, 6.07) is 0.413. The molecule has 1 amide bonds. The molecule has 5 nitrogen and oxygen atoms in total. The van der Waals surface area contributed by atoms with Crippen molar-refractivity contribution < 1.29 is 4.79 Å². The predicted octanol–water partition coefficient (Wildman–Crippen LogP) is 1.58. The fourth-order valence-corrected chi connectivity index (χ4v) is 4.12. The van der Waals surface area contributed by atoms with Crippen LogP contribution in [-0.2, 0) is 4.79 Å². The third-order valence-electron chi connectivity index (χ3n) is 4.38. The Labute approximate surface area is 130 Å². The summed E-state index contributed by atoms with van der Waals surface area (Å²) in [5.74, 6) is 0.304. The van der Waals surface area contributed by atoms with Gasteiger partial charge in [-0.25, -0.2) is 4.98 Å². The SMILES string of the molecule is Cc1csc(N2CCN(CC(=O)N3CCCC3)C[C@H]2C)n1. The largest absolute Gasteiger partial charge is 0.343 e. The lowest BCUT2D eigenvalue weighted by molar-refractivity contribution is -0.131. The van der Waals surface area contributed by atoms with Crippen LogP contribution in [0.1, 0.15) is 25.5 Å². The molecule has 0 aromatic carbocycles. The van der Waals surface area contributed by atoms with Crippen molar-refractivity contribution in [1.82, 2.24) is 14.8 Å². The van der Waals surface area contributed by atoms with E-state index in [1.54, 1.807) is 11.3 Å². The van der Waals surface area contributed by atoms with Gasteiger partial charge in [0.25, 0.3) is 0 Å². The van der Waals surface area contributed by atoms with Crippen molar-refractivity contribution in [3.8, 4) is 0 Å². The van der Waals surface area contributed by atoms with Gasteiger partial charge in [0.2, 0.25) is 5.91 Å². The van der Waals surface area contributed by atoms with E-state index in [9.17, 15) is 4.79 Å². The standard InChI is InChI=1S/C15H24N4OS/c1-12-11-21-15(16-12)19-8-7-17(9-13(19)2)10-14(20)18-5-3-4-6-18/h11,13H,3-10H2,1-2H3/t13-/m1/s1. The molecule has 0 N–H and O–H groups in total. The van der Waals surface area contributed by atoms with Gasteiger partial charge < -0.3 is 9.80 Å². The third-order valence-corrected chi connectivity index (χ3v) is 5.38. The number of aromatic nitrogens is 1. The van der Waals surface area contributed by atoms with Crippen molar-refractivity contribution in [2.75, 3.05) is 44.2 Å². The second kappa shape index (κ2) is 6.32. The van der Waals surface area contributed by atoms with Gasteiger partial charge in [-0.2, -0.15) is 0 Å². The molecule has 0 spiro atoms. The Hall–Kier alpha value is -1.14. The third kappa shape index (κ3) is 3.37. The van der Waals surface area contributed by atoms with Gasteiger partial charge >= 0.3 is 0 Å². The van der Waals surface area contributed by atoms with E-state index in [1.807, 2.05) is 11.8 Å². The van der Waals surface area contributed by atoms with Crippen molar-refractivity contribution in [3.05, 3.63) is 11.1 Å². The number of thiazole rings is 1. The summed E-state index contributed by atoms with van der Waals surface area (Å²) in [6.07, 6.45) is 2.33. The number of aryl methyl sites for hydroxylation is 1. The minimum Gasteiger partial charge on any atom is -0.343 e. The maximum atomic E-state index is 12.2. The molecule has 21 heavy (non-hydrogen) atoms. The van der Waals surface area contributed by atoms with E-state index in [0.29, 0.717) is 18.5 Å². The lowest BCUT2D eigenvalue weighted by atomic mass is 10.2. The van der Waals surface area contributed by atoms with E-state index in [-0.39, 0.29) is 0 Å². The second-order valence-electron chi connectivity index (χ2n) is 6.14. The molecule has 0 saturated carbocycles. The summed E-state index contributed by atoms with van der Waals surface area (Å²) in [7, 11) is 0. The minimum atomic E-state index is 0.304. The Morgan fingerprint density at radius 2 is 2.10 bits per heavy atom. The van der Waals surface area contributed by atoms with Gasteiger partial charge in [-0.15, -0.1) is 11.3 Å². The first-order chi connectivity index (χ1) is 10.1. The van der Waals surface area contributed by atoms with Crippen LogP contribution in [0.5, 0.6) is 0 Å². The lowest BCUT2D eigenvalue weighted by Gasteiger charge is -2.39. The number of amides is 1. The first-order valence-corrected chi connectivity index (χ1v) is 8.70. The van der Waals surface area contributed by atoms with Crippen molar-refractivity contribution in [2.45, 2.75) is 32.7 Å². The number of piperazine rings is 1. The summed E-state index contributed by atoms with van der Waals surface area (Å²) < 4.78 is 0. The average Bonchev–Trinajstić information content (AvgIpc) is 3.10. The van der Waals surface area contributed by atoms with E-state index in [2.05, 4.69) is 27.1 Å². The molecule has 1 aromatic rings. The quantitative estimate of drug-likeness (QED) is 0.850. The Bertz CT molecular complexity index is 498. The van der Waals surface area contributed by atoms with Gasteiger partial charge in [-0.1, -0.05) is 0 Å². The van der Waals surface area contributed by atoms with Gasteiger partial charge in [0.15, 0.2) is 5.13 Å². The fraction of sp³-hybridized carbons (Fsp3) is 0.733. The summed E-state index contributed by atoms with van der Waals surface area (Å²) >= 11 is 1.72. The van der Waals surface area contributed by atoms with E-state index in [1.165, 1.54) is 12.8 Å². The van der Waals surface area contributed by atoms with Crippen molar-refractivity contribution in [3.63, 3.8) is 0 Å². The fourth-order valence-electron chi connectivity index (χ4n) is 3.19. The monoisotopic (exact) mass is 308 g/mol. The molecule has 6 heteroatoms. The molecule has 3 heterocycles. The molecule has 2 saturated heterocycles. The van der Waals surface area contributed by atoms with Gasteiger partial charge in [-0.3, -0.25) is 9.69 Å². The van der Waals surface area contributed by atoms with Gasteiger partial charge in [-0.05, 0) is 26.7 Å². The van der Waals surface area contributed by atoms with Crippen LogP contribution in [0.3, 0.4) is 0 Å². The molecule has 2 fully saturated rings. The maximum Gasteiger partial charge on any atom is 0.236 e. The van der Waals surface area contributed by atoms with Crippen molar-refractivity contribution >= 4 is 22.4 Å². The smallest absolute Gasteiger partial charge is 0.236 e. The Morgan fingerprint density at radius 1 is 1.33 bits per heavy atom. The number of hydrogen-bond acceptors (Lipinski definition) is 5. The van der Waals surface area contributed by atoms with E-state index in [0.717, 1.165) is 43.5 Å². The van der Waals surface area contributed by atoms with E-state index in [4.69, 9.17) is 0 Å². The Balaban J connectivity index is 1.54. The first-order valence-electron chi connectivity index (χ1n) is 7.82. The second-order valence-corrected chi connectivity index (χ2v) is 6.97. The molecule has 0 unspecified atom stereocenters. The van der Waals surface area contributed by atoms with E-state index >= 15 is 0 Å². The number of rotatable bonds is 3. The van der Waals surface area contributed by atoms with Gasteiger partial charge in [0.05, 0.1) is 12.2 Å². The highest BCUT2D eigenvalue weighted by Gasteiger charge is 2.28. The number of hydrogen-bond donors (Lipinski definition) is 0. The van der Waals surface area contributed by atoms with E-state index < -0.39 is 0 Å². The summed E-state index contributed by atoms with van der Waals surface area (Å²) in [4.78, 5) is 23.5. The lowest BCUT2D eigenvalue weighted by Crippen LogP contribution is -2.54. The average molecular weight is 308 g/mol. The molecule has 0 radical (unpaired) electrons. The highest BCUT2D eigenvalue weighted by Crippen LogP contribution is 2.24. The zero-order valence-electron chi connectivity index (χ0n) is 12.9. The van der Waals surface area contributed by atoms with Crippen LogP contribution >= 0.6 is 11.3 Å². The molecule has 2 aliphatic heterocycles. The zero-order valence-corrected chi connectivity index (χ0v) is 13.7. The molecule has 0 aliphatic carbocycles. The van der Waals surface area contributed by atoms with Crippen LogP contribution in [0, 0.1) is 6.92 Å². The maximum absolute atomic E-state index is 12.2. The van der Waals surface area contributed by atoms with Gasteiger partial charge in [0.1, 0.15) is 0 Å². The normalized spacial score (nSPS) is 23.8. The highest BCUT2D eigenvalue weighted by atomic mass is 32.1. The van der Waals surface area contributed by atoms with Crippen molar-refractivity contribution in [2.24, 2.45) is 0 Å². The molecule has 3 rings (SSSR count). The highest BCUT2D eigenvalue weighted by molar-refractivity contribution is 7.13. The number of likely N-dealkylation sites (tertiary alicyclic amines) is 1. The Morgan fingerprint density at radius 3 is 2.71 bits per heavy atom. The van der Waals surface area contributed by atoms with Crippen LogP contribution in [0.15, 0.2) is 5.38 Å². The summed E-state index contributed by atoms with van der Waals surface area (Å²) in [5.41, 5.74) is 1.09. The van der Waals surface area contributed by atoms with Gasteiger partial charge in [0, 0.05) is 44.1 Å². The van der Waals surface area contributed by atoms with Crippen LogP contribution in [-0.4, -0.2) is 66.0 Å². The van der Waals surface area contributed by atoms with Crippen LogP contribution < -0.4 is 4.90 Å². The minimum absolute atomic E-state index is 0.304. The number of anilines is 1. The topological polar surface area (TPSA) is 39.7 Å². The predicted molar refractivity (Wildman–Crippen MR) is 85.9 cm³/mol. The number of carbonyl (C=O) groups is 1. The molecule has 1 atom stereocenters. The summed E-state index contributed by atoms with van der Waals surface area (Å²) in [6.45, 7) is 9.59. The molecular formula is C15H24N4OS. The number of nitrogens with zero attached hydrogens (tertiary/aromatic N) is 4. The summed E-state index contributed by atoms with van der Waals surface area (Å²) in [5, 5.41) is 3.22. The van der Waals surface area contributed by atoms with Crippen LogP contribution in [0.4, 0.5) is 5.13 Å². The van der Waals surface area contributed by atoms with Crippen LogP contribution in [0.25, 0.3) is 0 Å². The molecular weight excluding hydrogens is 284 g/mol. The molecule has 2 aliphatic rings. The first kappa shape index (κ1) is 14.8. The Kier molecular flexibility index (Phi) is 4.45. The zero-order chi connectivity index (χ0) is 14.8. The molecule has 1 aromatic heterocycles. The van der Waals surface area contributed by atoms with Crippen molar-refractivity contribution in [1.29, 1.82) is 0 Å².